The van der Waals surface area contributed by atoms with E-state index in [4.69, 9.17) is 4.74 Å². The summed E-state index contributed by atoms with van der Waals surface area (Å²) >= 11 is 0. The number of hydrogen-bond acceptors (Lipinski definition) is 5. The fraction of sp³-hybridized carbons (Fsp3) is 0.467. The van der Waals surface area contributed by atoms with Gasteiger partial charge in [0.05, 0.1) is 0 Å². The van der Waals surface area contributed by atoms with Crippen LogP contribution in [0.4, 0.5) is 4.79 Å². The number of carbonyl (C=O) groups is 4. The van der Waals surface area contributed by atoms with Gasteiger partial charge < -0.3 is 19.6 Å². The first-order valence-electron chi connectivity index (χ1n) is 13.9. The lowest BCUT2D eigenvalue weighted by atomic mass is 9.98. The topological polar surface area (TPSA) is 107 Å². The maximum Gasteiger partial charge on any atom is 0.410 e. The quantitative estimate of drug-likeness (QED) is 0.633. The van der Waals surface area contributed by atoms with Crippen molar-refractivity contribution in [3.63, 3.8) is 0 Å². The smallest absolute Gasteiger partial charge is 0.410 e. The fourth-order valence-corrected chi connectivity index (χ4v) is 6.88. The summed E-state index contributed by atoms with van der Waals surface area (Å²) in [4.78, 5) is 56.4. The molecular formula is C30H33N3O6. The third kappa shape index (κ3) is 4.43. The van der Waals surface area contributed by atoms with Crippen LogP contribution >= 0.6 is 0 Å². The van der Waals surface area contributed by atoms with Gasteiger partial charge in [-0.25, -0.2) is 9.59 Å². The minimum absolute atomic E-state index is 0.0682. The predicted octanol–water partition coefficient (Wildman–Crippen LogP) is 3.47. The Morgan fingerprint density at radius 2 is 1.15 bits per heavy atom. The molecule has 9 nitrogen and oxygen atoms in total. The van der Waals surface area contributed by atoms with Crippen molar-refractivity contribution in [3.8, 4) is 11.1 Å². The van der Waals surface area contributed by atoms with Gasteiger partial charge in [-0.2, -0.15) is 0 Å². The van der Waals surface area contributed by atoms with Crippen molar-refractivity contribution >= 4 is 23.9 Å². The zero-order chi connectivity index (χ0) is 27.1. The molecule has 39 heavy (non-hydrogen) atoms. The predicted molar refractivity (Wildman–Crippen MR) is 142 cm³/mol. The molecule has 3 amide bonds. The van der Waals surface area contributed by atoms with Gasteiger partial charge in [-0.05, 0) is 60.8 Å². The molecule has 0 unspecified atom stereocenters. The van der Waals surface area contributed by atoms with Crippen molar-refractivity contribution in [1.82, 2.24) is 14.7 Å². The molecule has 2 aromatic carbocycles. The second-order valence-electron chi connectivity index (χ2n) is 10.9. The molecule has 0 radical (unpaired) electrons. The molecule has 2 aromatic rings. The Bertz CT molecular complexity index is 1270. The number of ether oxygens (including phenoxy) is 1. The van der Waals surface area contributed by atoms with Gasteiger partial charge in [0.15, 0.2) is 0 Å². The third-order valence-corrected chi connectivity index (χ3v) is 8.75. The van der Waals surface area contributed by atoms with E-state index >= 15 is 0 Å². The van der Waals surface area contributed by atoms with E-state index in [9.17, 15) is 24.3 Å². The maximum atomic E-state index is 13.7. The van der Waals surface area contributed by atoms with E-state index in [1.54, 1.807) is 4.90 Å². The van der Waals surface area contributed by atoms with Crippen LogP contribution in [0.3, 0.4) is 0 Å². The number of amides is 3. The Balaban J connectivity index is 1.13. The molecule has 1 N–H and O–H groups in total. The molecule has 3 fully saturated rings. The van der Waals surface area contributed by atoms with Gasteiger partial charge in [0, 0.05) is 25.6 Å². The Kier molecular flexibility index (Phi) is 6.74. The van der Waals surface area contributed by atoms with Crippen LogP contribution in [-0.2, 0) is 19.1 Å². The van der Waals surface area contributed by atoms with Crippen LogP contribution in [0.25, 0.3) is 11.1 Å². The number of carboxylic acids is 1. The van der Waals surface area contributed by atoms with E-state index in [0.717, 1.165) is 22.3 Å². The minimum atomic E-state index is -1.01. The highest BCUT2D eigenvalue weighted by atomic mass is 16.6. The van der Waals surface area contributed by atoms with Crippen LogP contribution in [0.1, 0.15) is 55.6 Å². The molecule has 3 aliphatic heterocycles. The first kappa shape index (κ1) is 25.4. The second kappa shape index (κ2) is 10.4. The van der Waals surface area contributed by atoms with Gasteiger partial charge >= 0.3 is 12.1 Å². The number of aliphatic carboxylic acids is 1. The van der Waals surface area contributed by atoms with Gasteiger partial charge in [-0.15, -0.1) is 0 Å². The summed E-state index contributed by atoms with van der Waals surface area (Å²) < 4.78 is 5.84. The first-order chi connectivity index (χ1) is 19.0. The number of hydrogen-bond donors (Lipinski definition) is 1. The molecule has 204 valence electrons. The van der Waals surface area contributed by atoms with Gasteiger partial charge in [-0.3, -0.25) is 14.5 Å². The number of benzene rings is 2. The molecule has 3 heterocycles. The SMILES string of the molecule is O=C(O)[C@@H]1CCCN1C(=O)[C@@H]1CCCN1C(=O)[C@@H]1CCCN1C(=O)OCC1c2ccccc2-c2ccccc21. The monoisotopic (exact) mass is 531 g/mol. The Morgan fingerprint density at radius 1 is 0.692 bits per heavy atom. The lowest BCUT2D eigenvalue weighted by Crippen LogP contribution is -2.55. The van der Waals surface area contributed by atoms with E-state index in [1.165, 1.54) is 9.80 Å². The van der Waals surface area contributed by atoms with E-state index in [0.29, 0.717) is 58.2 Å². The molecule has 0 aromatic heterocycles. The number of carbonyl (C=O) groups excluding carboxylic acids is 3. The second-order valence-corrected chi connectivity index (χ2v) is 10.9. The average Bonchev–Trinajstić information content (AvgIpc) is 3.76. The minimum Gasteiger partial charge on any atom is -0.480 e. The van der Waals surface area contributed by atoms with Gasteiger partial charge in [-0.1, -0.05) is 48.5 Å². The van der Waals surface area contributed by atoms with Crippen LogP contribution in [0.2, 0.25) is 0 Å². The van der Waals surface area contributed by atoms with Crippen LogP contribution in [0, 0.1) is 0 Å². The van der Waals surface area contributed by atoms with Gasteiger partial charge in [0.1, 0.15) is 24.7 Å². The number of rotatable bonds is 5. The van der Waals surface area contributed by atoms with Crippen LogP contribution < -0.4 is 0 Å². The van der Waals surface area contributed by atoms with Crippen LogP contribution in [0.15, 0.2) is 48.5 Å². The highest BCUT2D eigenvalue weighted by Gasteiger charge is 2.46. The third-order valence-electron chi connectivity index (χ3n) is 8.75. The molecule has 0 saturated carbocycles. The summed E-state index contributed by atoms with van der Waals surface area (Å²) in [6.45, 7) is 1.42. The summed E-state index contributed by atoms with van der Waals surface area (Å²) in [6.07, 6.45) is 2.93. The highest BCUT2D eigenvalue weighted by molar-refractivity contribution is 5.94. The lowest BCUT2D eigenvalue weighted by molar-refractivity contribution is -0.152. The fourth-order valence-electron chi connectivity index (χ4n) is 6.88. The standard InChI is InChI=1S/C30H33N3O6/c34-27(32-16-7-14-26(32)29(36)37)24-12-5-15-31(24)28(35)25-13-6-17-33(25)30(38)39-18-23-21-10-3-1-8-19(21)20-9-2-4-11-22(20)23/h1-4,8-11,23-26H,5-7,12-18H2,(H,36,37)/t24-,25-,26-/m0/s1. The lowest BCUT2D eigenvalue weighted by Gasteiger charge is -2.33. The Labute approximate surface area is 227 Å². The van der Waals surface area contributed by atoms with Crippen molar-refractivity contribution in [1.29, 1.82) is 0 Å². The van der Waals surface area contributed by atoms with Crippen LogP contribution in [0.5, 0.6) is 0 Å². The van der Waals surface area contributed by atoms with E-state index in [-0.39, 0.29) is 24.3 Å². The van der Waals surface area contributed by atoms with Crippen molar-refractivity contribution in [2.45, 2.75) is 62.6 Å². The number of likely N-dealkylation sites (tertiary alicyclic amines) is 3. The zero-order valence-corrected chi connectivity index (χ0v) is 21.8. The molecule has 6 rings (SSSR count). The maximum absolute atomic E-state index is 13.7. The molecule has 3 atom stereocenters. The molecular weight excluding hydrogens is 498 g/mol. The van der Waals surface area contributed by atoms with Crippen molar-refractivity contribution in [3.05, 3.63) is 59.7 Å². The molecule has 0 bridgehead atoms. The highest BCUT2D eigenvalue weighted by Crippen LogP contribution is 2.44. The van der Waals surface area contributed by atoms with Crippen molar-refractivity contribution in [2.75, 3.05) is 26.2 Å². The van der Waals surface area contributed by atoms with Crippen LogP contribution in [-0.4, -0.2) is 88.0 Å². The largest absolute Gasteiger partial charge is 0.480 e. The van der Waals surface area contributed by atoms with Crippen molar-refractivity contribution in [2.24, 2.45) is 0 Å². The number of fused-ring (bicyclic) bond motifs is 3. The summed E-state index contributed by atoms with van der Waals surface area (Å²) in [5.74, 6) is -1.62. The average molecular weight is 532 g/mol. The number of nitrogens with zero attached hydrogens (tertiary/aromatic N) is 3. The van der Waals surface area contributed by atoms with Gasteiger partial charge in [0.2, 0.25) is 11.8 Å². The van der Waals surface area contributed by atoms with E-state index < -0.39 is 30.2 Å². The van der Waals surface area contributed by atoms with Crippen molar-refractivity contribution < 1.29 is 29.0 Å². The summed E-state index contributed by atoms with van der Waals surface area (Å²) in [5.41, 5.74) is 4.55. The molecule has 3 saturated heterocycles. The van der Waals surface area contributed by atoms with Gasteiger partial charge in [0.25, 0.3) is 0 Å². The molecule has 4 aliphatic rings. The Hall–Kier alpha value is -3.88. The summed E-state index contributed by atoms with van der Waals surface area (Å²) in [5, 5.41) is 9.52. The number of carboxylic acid groups (broad SMARTS) is 1. The summed E-state index contributed by atoms with van der Waals surface area (Å²) in [7, 11) is 0. The van der Waals surface area contributed by atoms with E-state index in [1.807, 2.05) is 24.3 Å². The summed E-state index contributed by atoms with van der Waals surface area (Å²) in [6, 6.07) is 14.1. The van der Waals surface area contributed by atoms with E-state index in [2.05, 4.69) is 24.3 Å². The normalized spacial score (nSPS) is 24.1. The molecule has 0 spiro atoms. The molecule has 9 heteroatoms. The first-order valence-corrected chi connectivity index (χ1v) is 13.9. The zero-order valence-electron chi connectivity index (χ0n) is 21.8. The molecule has 1 aliphatic carbocycles. The Morgan fingerprint density at radius 3 is 1.72 bits per heavy atom.